The SMILES string of the molecule is Cc1cc(O)cc(C)c1C1=C(O)C2C3C=CC(C3)C2C1=O. The number of ketones is 1. The average Bonchev–Trinajstić information content (AvgIpc) is 3.06. The van der Waals surface area contributed by atoms with Crippen molar-refractivity contribution in [3.05, 3.63) is 46.7 Å². The fraction of sp³-hybridized carbons (Fsp3) is 0.389. The summed E-state index contributed by atoms with van der Waals surface area (Å²) in [6.45, 7) is 3.74. The number of aliphatic hydroxyl groups is 1. The van der Waals surface area contributed by atoms with Crippen LogP contribution >= 0.6 is 0 Å². The highest BCUT2D eigenvalue weighted by molar-refractivity contribution is 6.25. The molecule has 3 nitrogen and oxygen atoms in total. The Morgan fingerprint density at radius 3 is 2.14 bits per heavy atom. The van der Waals surface area contributed by atoms with Crippen LogP contribution in [-0.2, 0) is 4.79 Å². The van der Waals surface area contributed by atoms with Gasteiger partial charge in [-0.2, -0.15) is 0 Å². The molecule has 1 aromatic rings. The zero-order valence-electron chi connectivity index (χ0n) is 12.1. The van der Waals surface area contributed by atoms with Gasteiger partial charge >= 0.3 is 0 Å². The highest BCUT2D eigenvalue weighted by Crippen LogP contribution is 2.57. The van der Waals surface area contributed by atoms with Crippen LogP contribution in [0.2, 0.25) is 0 Å². The number of rotatable bonds is 1. The van der Waals surface area contributed by atoms with Crippen molar-refractivity contribution in [3.63, 3.8) is 0 Å². The molecular formula is C18H18O3. The first kappa shape index (κ1) is 12.7. The Bertz CT molecular complexity index is 703. The van der Waals surface area contributed by atoms with E-state index in [1.54, 1.807) is 12.1 Å². The molecule has 4 unspecified atom stereocenters. The first-order valence-electron chi connectivity index (χ1n) is 7.45. The van der Waals surface area contributed by atoms with Gasteiger partial charge < -0.3 is 10.2 Å². The third-order valence-electron chi connectivity index (χ3n) is 5.35. The number of hydrogen-bond donors (Lipinski definition) is 2. The lowest BCUT2D eigenvalue weighted by molar-refractivity contribution is -0.118. The molecule has 3 aliphatic carbocycles. The molecule has 4 atom stereocenters. The second-order valence-corrected chi connectivity index (χ2v) is 6.58. The Balaban J connectivity index is 1.89. The summed E-state index contributed by atoms with van der Waals surface area (Å²) in [6.07, 6.45) is 5.28. The highest BCUT2D eigenvalue weighted by Gasteiger charge is 2.55. The maximum absolute atomic E-state index is 12.9. The summed E-state index contributed by atoms with van der Waals surface area (Å²) < 4.78 is 0. The van der Waals surface area contributed by atoms with E-state index in [4.69, 9.17) is 0 Å². The molecule has 3 aliphatic rings. The monoisotopic (exact) mass is 282 g/mol. The smallest absolute Gasteiger partial charge is 0.171 e. The van der Waals surface area contributed by atoms with Crippen LogP contribution in [-0.4, -0.2) is 16.0 Å². The maximum Gasteiger partial charge on any atom is 0.171 e. The van der Waals surface area contributed by atoms with Crippen molar-refractivity contribution in [3.8, 4) is 5.75 Å². The second-order valence-electron chi connectivity index (χ2n) is 6.58. The van der Waals surface area contributed by atoms with Gasteiger partial charge in [0.2, 0.25) is 0 Å². The predicted octanol–water partition coefficient (Wildman–Crippen LogP) is 3.30. The van der Waals surface area contributed by atoms with Gasteiger partial charge in [-0.3, -0.25) is 4.79 Å². The summed E-state index contributed by atoms with van der Waals surface area (Å²) in [4.78, 5) is 12.9. The lowest BCUT2D eigenvalue weighted by atomic mass is 9.84. The number of carbonyl (C=O) groups excluding carboxylic acids is 1. The molecule has 2 N–H and O–H groups in total. The van der Waals surface area contributed by atoms with E-state index in [-0.39, 0.29) is 35.0 Å². The number of benzene rings is 1. The van der Waals surface area contributed by atoms with Crippen LogP contribution < -0.4 is 0 Å². The minimum Gasteiger partial charge on any atom is -0.511 e. The number of phenols is 1. The van der Waals surface area contributed by atoms with E-state index in [1.165, 1.54) is 0 Å². The van der Waals surface area contributed by atoms with Gasteiger partial charge in [0, 0.05) is 11.8 Å². The molecule has 4 rings (SSSR count). The van der Waals surface area contributed by atoms with E-state index in [2.05, 4.69) is 12.2 Å². The molecule has 3 heteroatoms. The van der Waals surface area contributed by atoms with Crippen molar-refractivity contribution >= 4 is 11.4 Å². The normalized spacial score (nSPS) is 33.1. The molecule has 0 radical (unpaired) electrons. The molecule has 1 fully saturated rings. The maximum atomic E-state index is 12.9. The van der Waals surface area contributed by atoms with E-state index in [0.29, 0.717) is 11.5 Å². The Hall–Kier alpha value is -2.03. The molecule has 2 bridgehead atoms. The fourth-order valence-electron chi connectivity index (χ4n) is 4.60. The van der Waals surface area contributed by atoms with E-state index in [9.17, 15) is 15.0 Å². The van der Waals surface area contributed by atoms with E-state index in [0.717, 1.165) is 23.1 Å². The van der Waals surface area contributed by atoms with Crippen molar-refractivity contribution in [2.75, 3.05) is 0 Å². The number of aromatic hydroxyl groups is 1. The first-order valence-corrected chi connectivity index (χ1v) is 7.45. The number of allylic oxidation sites excluding steroid dienone is 4. The quantitative estimate of drug-likeness (QED) is 0.777. The van der Waals surface area contributed by atoms with Gasteiger partial charge in [-0.15, -0.1) is 0 Å². The van der Waals surface area contributed by atoms with Crippen LogP contribution in [0.3, 0.4) is 0 Å². The third kappa shape index (κ3) is 1.52. The van der Waals surface area contributed by atoms with Gasteiger partial charge in [0.05, 0.1) is 5.57 Å². The van der Waals surface area contributed by atoms with E-state index in [1.807, 2.05) is 13.8 Å². The Labute approximate surface area is 123 Å². The van der Waals surface area contributed by atoms with Gasteiger partial charge in [0.1, 0.15) is 11.5 Å². The zero-order valence-corrected chi connectivity index (χ0v) is 12.1. The Kier molecular flexibility index (Phi) is 2.42. The number of Topliss-reactive ketones (excluding diaryl/α,β-unsaturated/α-hetero) is 1. The van der Waals surface area contributed by atoms with Crippen LogP contribution in [0.15, 0.2) is 30.0 Å². The van der Waals surface area contributed by atoms with E-state index < -0.39 is 0 Å². The molecule has 1 aromatic carbocycles. The van der Waals surface area contributed by atoms with Crippen molar-refractivity contribution < 1.29 is 15.0 Å². The summed E-state index contributed by atoms with van der Waals surface area (Å²) >= 11 is 0. The topological polar surface area (TPSA) is 57.5 Å². The van der Waals surface area contributed by atoms with Crippen LogP contribution in [0.5, 0.6) is 5.75 Å². The molecule has 108 valence electrons. The van der Waals surface area contributed by atoms with Gasteiger partial charge in [-0.25, -0.2) is 0 Å². The van der Waals surface area contributed by atoms with Crippen LogP contribution in [0, 0.1) is 37.5 Å². The number of carbonyl (C=O) groups is 1. The zero-order chi connectivity index (χ0) is 14.9. The van der Waals surface area contributed by atoms with Crippen molar-refractivity contribution in [2.24, 2.45) is 23.7 Å². The average molecular weight is 282 g/mol. The first-order chi connectivity index (χ1) is 9.99. The largest absolute Gasteiger partial charge is 0.511 e. The molecule has 0 amide bonds. The van der Waals surface area contributed by atoms with Gasteiger partial charge in [0.15, 0.2) is 5.78 Å². The van der Waals surface area contributed by atoms with Crippen LogP contribution in [0.4, 0.5) is 0 Å². The molecule has 0 aliphatic heterocycles. The fourth-order valence-corrected chi connectivity index (χ4v) is 4.60. The minimum atomic E-state index is -0.0809. The minimum absolute atomic E-state index is 0.0323. The van der Waals surface area contributed by atoms with Gasteiger partial charge in [-0.1, -0.05) is 12.2 Å². The number of fused-ring (bicyclic) bond motifs is 5. The summed E-state index contributed by atoms with van der Waals surface area (Å²) in [5, 5.41) is 20.4. The van der Waals surface area contributed by atoms with E-state index >= 15 is 0 Å². The van der Waals surface area contributed by atoms with Crippen molar-refractivity contribution in [2.45, 2.75) is 20.3 Å². The van der Waals surface area contributed by atoms with Gasteiger partial charge in [-0.05, 0) is 60.9 Å². The Morgan fingerprint density at radius 2 is 1.57 bits per heavy atom. The summed E-state index contributed by atoms with van der Waals surface area (Å²) in [5.41, 5.74) is 2.95. The molecule has 0 saturated heterocycles. The number of aliphatic hydroxyl groups excluding tert-OH is 1. The van der Waals surface area contributed by atoms with Crippen molar-refractivity contribution in [1.29, 1.82) is 0 Å². The van der Waals surface area contributed by atoms with Crippen molar-refractivity contribution in [1.82, 2.24) is 0 Å². The number of hydrogen-bond acceptors (Lipinski definition) is 3. The molecule has 0 spiro atoms. The lowest BCUT2D eigenvalue weighted by Gasteiger charge is -2.19. The lowest BCUT2D eigenvalue weighted by Crippen LogP contribution is -2.22. The van der Waals surface area contributed by atoms with Crippen LogP contribution in [0.1, 0.15) is 23.1 Å². The molecule has 1 saturated carbocycles. The second kappa shape index (κ2) is 4.00. The summed E-state index contributed by atoms with van der Waals surface area (Å²) in [5.74, 6) is 1.01. The third-order valence-corrected chi connectivity index (χ3v) is 5.35. The molecule has 0 aromatic heterocycles. The highest BCUT2D eigenvalue weighted by atomic mass is 16.3. The predicted molar refractivity (Wildman–Crippen MR) is 79.9 cm³/mol. The number of phenolic OH excluding ortho intramolecular Hbond substituents is 1. The van der Waals surface area contributed by atoms with Gasteiger partial charge in [0.25, 0.3) is 0 Å². The molecular weight excluding hydrogens is 264 g/mol. The molecule has 21 heavy (non-hydrogen) atoms. The van der Waals surface area contributed by atoms with Crippen LogP contribution in [0.25, 0.3) is 5.57 Å². The summed E-state index contributed by atoms with van der Waals surface area (Å²) in [6, 6.07) is 3.30. The number of aryl methyl sites for hydroxylation is 2. The summed E-state index contributed by atoms with van der Waals surface area (Å²) in [7, 11) is 0. The standard InChI is InChI=1S/C18H18O3/c1-8-5-12(19)6-9(2)13(8)16-17(20)14-10-3-4-11(7-10)15(14)18(16)21/h3-6,10-11,14-15,19-20H,7H2,1-2H3. The molecule has 0 heterocycles. The Morgan fingerprint density at radius 1 is 1.00 bits per heavy atom.